The number of carboxylic acids is 1. The van der Waals surface area contributed by atoms with Crippen molar-refractivity contribution in [1.29, 1.82) is 0 Å². The topological polar surface area (TPSA) is 99.6 Å². The van der Waals surface area contributed by atoms with Gasteiger partial charge in [-0.3, -0.25) is 19.4 Å². The van der Waals surface area contributed by atoms with Gasteiger partial charge in [0, 0.05) is 37.2 Å². The predicted molar refractivity (Wildman–Crippen MR) is 104 cm³/mol. The lowest BCUT2D eigenvalue weighted by Gasteiger charge is -2.29. The van der Waals surface area contributed by atoms with Crippen LogP contribution in [0.2, 0.25) is 0 Å². The quantitative estimate of drug-likeness (QED) is 0.730. The number of hydrogen-bond acceptors (Lipinski definition) is 4. The van der Waals surface area contributed by atoms with E-state index in [-0.39, 0.29) is 24.7 Å². The molecule has 28 heavy (non-hydrogen) atoms. The molecule has 1 aliphatic heterocycles. The van der Waals surface area contributed by atoms with E-state index >= 15 is 0 Å². The van der Waals surface area contributed by atoms with Gasteiger partial charge in [0.25, 0.3) is 0 Å². The monoisotopic (exact) mass is 383 g/mol. The van der Waals surface area contributed by atoms with Gasteiger partial charge in [-0.1, -0.05) is 24.3 Å². The molecule has 2 heterocycles. The van der Waals surface area contributed by atoms with E-state index in [0.29, 0.717) is 32.2 Å². The molecule has 0 aliphatic carbocycles. The number of aromatic nitrogens is 1. The molecule has 0 bridgehead atoms. The first-order valence-corrected chi connectivity index (χ1v) is 9.48. The van der Waals surface area contributed by atoms with Crippen LogP contribution in [0.3, 0.4) is 0 Å². The molecule has 1 aromatic carbocycles. The predicted octanol–water partition coefficient (Wildman–Crippen LogP) is 2.49. The minimum Gasteiger partial charge on any atom is -0.481 e. The van der Waals surface area contributed by atoms with Crippen molar-refractivity contribution in [2.24, 2.45) is 0 Å². The Morgan fingerprint density at radius 2 is 1.93 bits per heavy atom. The molecule has 1 aromatic heterocycles. The first-order chi connectivity index (χ1) is 13.4. The second-order valence-corrected chi connectivity index (χ2v) is 7.47. The van der Waals surface area contributed by atoms with Gasteiger partial charge in [-0.2, -0.15) is 0 Å². The molecule has 3 rings (SSSR count). The van der Waals surface area contributed by atoms with E-state index in [0.717, 1.165) is 16.6 Å². The molecule has 1 fully saturated rings. The van der Waals surface area contributed by atoms with E-state index in [1.165, 1.54) is 0 Å². The van der Waals surface area contributed by atoms with Crippen LogP contribution in [0.4, 0.5) is 0 Å². The zero-order valence-electron chi connectivity index (χ0n) is 16.0. The van der Waals surface area contributed by atoms with Crippen LogP contribution in [0.1, 0.15) is 44.2 Å². The minimum absolute atomic E-state index is 0.0225. The van der Waals surface area contributed by atoms with Crippen molar-refractivity contribution in [3.8, 4) is 0 Å². The van der Waals surface area contributed by atoms with E-state index in [2.05, 4.69) is 10.3 Å². The zero-order chi connectivity index (χ0) is 20.1. The fraction of sp³-hybridized carbons (Fsp3) is 0.429. The van der Waals surface area contributed by atoms with Gasteiger partial charge in [0.2, 0.25) is 11.8 Å². The molecule has 1 aliphatic rings. The summed E-state index contributed by atoms with van der Waals surface area (Å²) in [6.45, 7) is 0.401. The van der Waals surface area contributed by atoms with Gasteiger partial charge < -0.3 is 15.3 Å². The van der Waals surface area contributed by atoms with Crippen molar-refractivity contribution >= 4 is 28.7 Å². The maximum atomic E-state index is 12.6. The van der Waals surface area contributed by atoms with E-state index in [1.807, 2.05) is 36.4 Å². The summed E-state index contributed by atoms with van der Waals surface area (Å²) in [5.74, 6) is -1.02. The van der Waals surface area contributed by atoms with Gasteiger partial charge in [0.1, 0.15) is 0 Å². The molecule has 2 N–H and O–H groups in total. The van der Waals surface area contributed by atoms with Crippen LogP contribution in [0.25, 0.3) is 10.9 Å². The molecule has 0 radical (unpaired) electrons. The number of hydrogen-bond donors (Lipinski definition) is 2. The van der Waals surface area contributed by atoms with Crippen molar-refractivity contribution in [3.63, 3.8) is 0 Å². The van der Waals surface area contributed by atoms with Crippen molar-refractivity contribution in [2.45, 2.75) is 50.6 Å². The fourth-order valence-corrected chi connectivity index (χ4v) is 3.68. The van der Waals surface area contributed by atoms with Crippen LogP contribution in [0.5, 0.6) is 0 Å². The Hall–Kier alpha value is -2.96. The average Bonchev–Trinajstić information content (AvgIpc) is 3.05. The number of nitrogens with zero attached hydrogens (tertiary/aromatic N) is 2. The molecule has 2 amide bonds. The van der Waals surface area contributed by atoms with Crippen molar-refractivity contribution < 1.29 is 19.5 Å². The summed E-state index contributed by atoms with van der Waals surface area (Å²) in [4.78, 5) is 41.4. The largest absolute Gasteiger partial charge is 0.481 e. The molecular formula is C21H25N3O4. The molecule has 0 saturated carbocycles. The normalized spacial score (nSPS) is 18.8. The Bertz CT molecular complexity index is 898. The van der Waals surface area contributed by atoms with Gasteiger partial charge in [0.05, 0.1) is 17.8 Å². The summed E-state index contributed by atoms with van der Waals surface area (Å²) >= 11 is 0. The molecule has 2 aromatic rings. The van der Waals surface area contributed by atoms with Gasteiger partial charge in [-0.15, -0.1) is 0 Å². The lowest BCUT2D eigenvalue weighted by molar-refractivity contribution is -0.137. The molecule has 148 valence electrons. The number of nitrogens with one attached hydrogen (secondary N) is 1. The first-order valence-electron chi connectivity index (χ1n) is 9.48. The highest BCUT2D eigenvalue weighted by Crippen LogP contribution is 2.30. The van der Waals surface area contributed by atoms with Crippen LogP contribution in [-0.2, 0) is 20.9 Å². The molecule has 1 atom stereocenters. The number of pyridine rings is 1. The molecular weight excluding hydrogens is 358 g/mol. The maximum Gasteiger partial charge on any atom is 0.303 e. The summed E-state index contributed by atoms with van der Waals surface area (Å²) in [6.07, 6.45) is 1.97. The highest BCUT2D eigenvalue weighted by atomic mass is 16.4. The van der Waals surface area contributed by atoms with Crippen LogP contribution in [0.15, 0.2) is 36.4 Å². The second-order valence-electron chi connectivity index (χ2n) is 7.47. The Labute approximate surface area is 163 Å². The van der Waals surface area contributed by atoms with Crippen molar-refractivity contribution in [1.82, 2.24) is 15.2 Å². The Kier molecular flexibility index (Phi) is 5.92. The van der Waals surface area contributed by atoms with Gasteiger partial charge in [-0.05, 0) is 31.4 Å². The number of carbonyl (C=O) groups excluding carboxylic acids is 2. The smallest absolute Gasteiger partial charge is 0.303 e. The van der Waals surface area contributed by atoms with E-state index in [9.17, 15) is 14.4 Å². The third-order valence-electron chi connectivity index (χ3n) is 5.35. The Morgan fingerprint density at radius 3 is 2.64 bits per heavy atom. The van der Waals surface area contributed by atoms with Crippen molar-refractivity contribution in [2.75, 3.05) is 7.05 Å². The lowest BCUT2D eigenvalue weighted by Crippen LogP contribution is -2.43. The lowest BCUT2D eigenvalue weighted by atomic mass is 9.86. The van der Waals surface area contributed by atoms with Crippen LogP contribution >= 0.6 is 0 Å². The van der Waals surface area contributed by atoms with Crippen LogP contribution < -0.4 is 5.32 Å². The van der Waals surface area contributed by atoms with E-state index in [1.54, 1.807) is 11.9 Å². The molecule has 1 saturated heterocycles. The molecule has 7 nitrogen and oxygen atoms in total. The van der Waals surface area contributed by atoms with E-state index in [4.69, 9.17) is 5.11 Å². The maximum absolute atomic E-state index is 12.6. The minimum atomic E-state index is -0.897. The molecule has 0 unspecified atom stereocenters. The number of aliphatic carboxylic acids is 1. The average molecular weight is 383 g/mol. The fourth-order valence-electron chi connectivity index (χ4n) is 3.68. The van der Waals surface area contributed by atoms with Gasteiger partial charge in [-0.25, -0.2) is 0 Å². The zero-order valence-corrected chi connectivity index (χ0v) is 16.0. The summed E-state index contributed by atoms with van der Waals surface area (Å²) in [7, 11) is 1.73. The standard InChI is InChI=1S/C21H25N3O4/c1-24(14-16-7-6-15-4-2-3-5-17(15)22-16)19(26)9-12-21(13-10-20(27)28)11-8-18(25)23-21/h2-7H,8-14H2,1H3,(H,23,25)(H,27,28)/t21-/m0/s1. The summed E-state index contributed by atoms with van der Waals surface area (Å²) in [5.41, 5.74) is 1.11. The number of fused-ring (bicyclic) bond motifs is 1. The number of carboxylic acid groups (broad SMARTS) is 1. The number of para-hydroxylation sites is 1. The summed E-state index contributed by atoms with van der Waals surface area (Å²) in [6, 6.07) is 11.7. The van der Waals surface area contributed by atoms with E-state index < -0.39 is 11.5 Å². The number of rotatable bonds is 8. The SMILES string of the molecule is CN(Cc1ccc2ccccc2n1)C(=O)CC[C@]1(CCC(=O)O)CCC(=O)N1. The van der Waals surface area contributed by atoms with Crippen molar-refractivity contribution in [3.05, 3.63) is 42.1 Å². The third-order valence-corrected chi connectivity index (χ3v) is 5.35. The summed E-state index contributed by atoms with van der Waals surface area (Å²) < 4.78 is 0. The third kappa shape index (κ3) is 4.85. The highest BCUT2D eigenvalue weighted by Gasteiger charge is 2.38. The van der Waals surface area contributed by atoms with Gasteiger partial charge in [0.15, 0.2) is 0 Å². The first kappa shape index (κ1) is 19.8. The molecule has 7 heteroatoms. The Balaban J connectivity index is 1.59. The number of carbonyl (C=O) groups is 3. The number of benzene rings is 1. The number of amides is 2. The summed E-state index contributed by atoms with van der Waals surface area (Å²) in [5, 5.41) is 12.9. The van der Waals surface area contributed by atoms with Crippen LogP contribution in [-0.4, -0.2) is 45.4 Å². The van der Waals surface area contributed by atoms with Gasteiger partial charge >= 0.3 is 5.97 Å². The highest BCUT2D eigenvalue weighted by molar-refractivity contribution is 5.81. The second kappa shape index (κ2) is 8.37. The molecule has 0 spiro atoms. The van der Waals surface area contributed by atoms with Crippen LogP contribution in [0, 0.1) is 0 Å². The Morgan fingerprint density at radius 1 is 1.18 bits per heavy atom.